The molecule has 1 aromatic carbocycles. The number of benzene rings is 1. The Bertz CT molecular complexity index is 1000. The molecule has 0 aliphatic heterocycles. The van der Waals surface area contributed by atoms with Gasteiger partial charge in [0.05, 0.1) is 5.69 Å². The molecule has 0 spiro atoms. The Balaban J connectivity index is 1.58. The third-order valence-corrected chi connectivity index (χ3v) is 4.43. The summed E-state index contributed by atoms with van der Waals surface area (Å²) >= 11 is 0. The van der Waals surface area contributed by atoms with Gasteiger partial charge in [-0.2, -0.15) is 5.10 Å². The Morgan fingerprint density at radius 3 is 2.73 bits per heavy atom. The predicted octanol–water partition coefficient (Wildman–Crippen LogP) is 3.01. The van der Waals surface area contributed by atoms with E-state index >= 15 is 0 Å². The molecule has 3 heterocycles. The zero-order valence-electron chi connectivity index (χ0n) is 14.7. The van der Waals surface area contributed by atoms with Gasteiger partial charge in [0, 0.05) is 31.4 Å². The van der Waals surface area contributed by atoms with Crippen molar-refractivity contribution in [2.45, 2.75) is 19.3 Å². The van der Waals surface area contributed by atoms with Gasteiger partial charge in [-0.25, -0.2) is 9.97 Å². The molecule has 0 aliphatic carbocycles. The maximum Gasteiger partial charge on any atom is 0.177 e. The number of H-pyrrole nitrogens is 1. The zero-order valence-corrected chi connectivity index (χ0v) is 14.7. The highest BCUT2D eigenvalue weighted by Gasteiger charge is 2.13. The summed E-state index contributed by atoms with van der Waals surface area (Å²) < 4.78 is 1.96. The molecule has 0 bridgehead atoms. The molecular formula is C19H19N7. The van der Waals surface area contributed by atoms with Crippen molar-refractivity contribution in [1.29, 1.82) is 0 Å². The van der Waals surface area contributed by atoms with E-state index in [1.165, 1.54) is 5.56 Å². The first kappa shape index (κ1) is 16.1. The number of nitrogens with one attached hydrogen (secondary N) is 1. The second-order valence-corrected chi connectivity index (χ2v) is 6.33. The lowest BCUT2D eigenvalue weighted by Crippen LogP contribution is -2.04. The lowest BCUT2D eigenvalue weighted by Gasteiger charge is -2.12. The lowest BCUT2D eigenvalue weighted by molar-refractivity contribution is 0.681. The highest BCUT2D eigenvalue weighted by Crippen LogP contribution is 2.26. The molecule has 7 nitrogen and oxygen atoms in total. The molecule has 0 radical (unpaired) electrons. The predicted molar refractivity (Wildman–Crippen MR) is 98.2 cm³/mol. The van der Waals surface area contributed by atoms with E-state index in [0.717, 1.165) is 29.2 Å². The molecule has 3 aromatic heterocycles. The van der Waals surface area contributed by atoms with Crippen LogP contribution in [-0.2, 0) is 13.5 Å². The first-order valence-electron chi connectivity index (χ1n) is 8.46. The van der Waals surface area contributed by atoms with E-state index in [0.29, 0.717) is 11.7 Å². The largest absolute Gasteiger partial charge is 0.321 e. The molecule has 1 atom stereocenters. The van der Waals surface area contributed by atoms with Crippen molar-refractivity contribution in [2.24, 2.45) is 7.05 Å². The van der Waals surface area contributed by atoms with Crippen molar-refractivity contribution >= 4 is 0 Å². The summed E-state index contributed by atoms with van der Waals surface area (Å²) in [6, 6.07) is 12.2. The van der Waals surface area contributed by atoms with Crippen LogP contribution >= 0.6 is 0 Å². The minimum atomic E-state index is 0.328. The first-order valence-corrected chi connectivity index (χ1v) is 8.46. The Hall–Kier alpha value is -3.35. The number of rotatable bonds is 5. The molecule has 7 heteroatoms. The summed E-state index contributed by atoms with van der Waals surface area (Å²) in [6.07, 6.45) is 6.01. The summed E-state index contributed by atoms with van der Waals surface area (Å²) in [5, 5.41) is 15.6. The Kier molecular flexibility index (Phi) is 4.27. The topological polar surface area (TPSA) is 85.2 Å². The molecule has 0 amide bonds. The third kappa shape index (κ3) is 3.23. The molecule has 4 rings (SSSR count). The maximum atomic E-state index is 4.42. The van der Waals surface area contributed by atoms with Crippen LogP contribution in [0.4, 0.5) is 0 Å². The summed E-state index contributed by atoms with van der Waals surface area (Å²) in [7, 11) is 1.97. The van der Waals surface area contributed by atoms with Gasteiger partial charge >= 0.3 is 0 Å². The van der Waals surface area contributed by atoms with E-state index in [1.54, 1.807) is 24.8 Å². The highest BCUT2D eigenvalue weighted by molar-refractivity contribution is 5.65. The zero-order chi connectivity index (χ0) is 17.9. The summed E-state index contributed by atoms with van der Waals surface area (Å²) in [4.78, 5) is 8.51. The minimum Gasteiger partial charge on any atom is -0.321 e. The molecule has 0 saturated heterocycles. The van der Waals surface area contributed by atoms with Crippen molar-refractivity contribution < 1.29 is 0 Å². The van der Waals surface area contributed by atoms with Gasteiger partial charge in [-0.15, -0.1) is 10.2 Å². The van der Waals surface area contributed by atoms with Crippen LogP contribution in [0, 0.1) is 0 Å². The summed E-state index contributed by atoms with van der Waals surface area (Å²) in [6.45, 7) is 2.20. The third-order valence-electron chi connectivity index (χ3n) is 4.43. The molecule has 0 unspecified atom stereocenters. The van der Waals surface area contributed by atoms with Gasteiger partial charge in [-0.1, -0.05) is 25.1 Å². The fourth-order valence-corrected chi connectivity index (χ4v) is 2.91. The SMILES string of the molecule is C[C@H](Cc1nncn1C)c1cccc(-c2cc(-c3ncccn3)[nH]n2)c1. The van der Waals surface area contributed by atoms with Crippen molar-refractivity contribution in [2.75, 3.05) is 0 Å². The summed E-state index contributed by atoms with van der Waals surface area (Å²) in [5.41, 5.74) is 3.98. The molecule has 4 aromatic rings. The van der Waals surface area contributed by atoms with Crippen molar-refractivity contribution in [3.63, 3.8) is 0 Å². The van der Waals surface area contributed by atoms with Crippen LogP contribution in [0.5, 0.6) is 0 Å². The fraction of sp³-hybridized carbons (Fsp3) is 0.211. The normalized spacial score (nSPS) is 12.2. The first-order chi connectivity index (χ1) is 12.7. The van der Waals surface area contributed by atoms with E-state index in [4.69, 9.17) is 0 Å². The van der Waals surface area contributed by atoms with Crippen molar-refractivity contribution in [3.8, 4) is 22.8 Å². The van der Waals surface area contributed by atoms with Gasteiger partial charge in [0.2, 0.25) is 0 Å². The Labute approximate surface area is 151 Å². The fourth-order valence-electron chi connectivity index (χ4n) is 2.91. The number of hydrogen-bond acceptors (Lipinski definition) is 5. The van der Waals surface area contributed by atoms with E-state index in [-0.39, 0.29) is 0 Å². The van der Waals surface area contributed by atoms with Crippen molar-refractivity contribution in [1.82, 2.24) is 34.9 Å². The van der Waals surface area contributed by atoms with Crippen LogP contribution < -0.4 is 0 Å². The highest BCUT2D eigenvalue weighted by atomic mass is 15.2. The van der Waals surface area contributed by atoms with Gasteiger partial charge in [0.25, 0.3) is 0 Å². The van der Waals surface area contributed by atoms with Crippen LogP contribution in [0.3, 0.4) is 0 Å². The average Bonchev–Trinajstić information content (AvgIpc) is 3.32. The molecular weight excluding hydrogens is 326 g/mol. The lowest BCUT2D eigenvalue weighted by atomic mass is 9.95. The molecule has 26 heavy (non-hydrogen) atoms. The quantitative estimate of drug-likeness (QED) is 0.601. The van der Waals surface area contributed by atoms with Gasteiger partial charge in [0.1, 0.15) is 17.8 Å². The van der Waals surface area contributed by atoms with Crippen LogP contribution in [0.2, 0.25) is 0 Å². The number of hydrogen-bond donors (Lipinski definition) is 1. The van der Waals surface area contributed by atoms with Gasteiger partial charge in [-0.3, -0.25) is 5.10 Å². The average molecular weight is 345 g/mol. The van der Waals surface area contributed by atoms with E-state index in [2.05, 4.69) is 61.6 Å². The van der Waals surface area contributed by atoms with Crippen LogP contribution in [-0.4, -0.2) is 34.9 Å². The minimum absolute atomic E-state index is 0.328. The van der Waals surface area contributed by atoms with E-state index in [1.807, 2.05) is 17.7 Å². The van der Waals surface area contributed by atoms with E-state index < -0.39 is 0 Å². The van der Waals surface area contributed by atoms with Gasteiger partial charge in [0.15, 0.2) is 5.82 Å². The molecule has 130 valence electrons. The van der Waals surface area contributed by atoms with E-state index in [9.17, 15) is 0 Å². The number of aryl methyl sites for hydroxylation is 1. The molecule has 0 aliphatic rings. The van der Waals surface area contributed by atoms with Crippen molar-refractivity contribution in [3.05, 3.63) is 66.5 Å². The van der Waals surface area contributed by atoms with Gasteiger partial charge in [-0.05, 0) is 29.7 Å². The maximum absolute atomic E-state index is 4.42. The molecule has 0 saturated carbocycles. The summed E-state index contributed by atoms with van der Waals surface area (Å²) in [5.74, 6) is 1.94. The van der Waals surface area contributed by atoms with Crippen LogP contribution in [0.15, 0.2) is 55.1 Å². The molecule has 1 N–H and O–H groups in total. The number of aromatic nitrogens is 7. The smallest absolute Gasteiger partial charge is 0.177 e. The number of aromatic amines is 1. The van der Waals surface area contributed by atoms with Crippen LogP contribution in [0.25, 0.3) is 22.8 Å². The van der Waals surface area contributed by atoms with Gasteiger partial charge < -0.3 is 4.57 Å². The molecule has 0 fully saturated rings. The van der Waals surface area contributed by atoms with Crippen LogP contribution in [0.1, 0.15) is 24.2 Å². The number of nitrogens with zero attached hydrogens (tertiary/aromatic N) is 6. The standard InChI is InChI=1S/C19H19N7/c1-13(9-18-25-22-12-26(18)2)14-5-3-6-15(10-14)16-11-17(24-23-16)19-20-7-4-8-21-19/h3-8,10-13H,9H2,1-2H3,(H,23,24)/t13-/m1/s1. The Morgan fingerprint density at radius 1 is 1.12 bits per heavy atom. The second-order valence-electron chi connectivity index (χ2n) is 6.33. The Morgan fingerprint density at radius 2 is 1.96 bits per heavy atom. The second kappa shape index (κ2) is 6.87. The monoisotopic (exact) mass is 345 g/mol.